The van der Waals surface area contributed by atoms with E-state index in [0.29, 0.717) is 6.42 Å². The SMILES string of the molecule is CCC(Nc1cc(I)ccc1C)C(=O)O. The van der Waals surface area contributed by atoms with Crippen LogP contribution in [0.3, 0.4) is 0 Å². The zero-order valence-electron chi connectivity index (χ0n) is 8.75. The fourth-order valence-corrected chi connectivity index (χ4v) is 1.77. The summed E-state index contributed by atoms with van der Waals surface area (Å²) in [6.07, 6.45) is 0.570. The van der Waals surface area contributed by atoms with Crippen molar-refractivity contribution in [1.29, 1.82) is 0 Å². The minimum atomic E-state index is -0.809. The Balaban J connectivity index is 2.87. The topological polar surface area (TPSA) is 49.3 Å². The zero-order chi connectivity index (χ0) is 11.4. The summed E-state index contributed by atoms with van der Waals surface area (Å²) in [5.74, 6) is -0.809. The summed E-state index contributed by atoms with van der Waals surface area (Å²) in [6.45, 7) is 3.82. The van der Waals surface area contributed by atoms with Crippen LogP contribution in [0.4, 0.5) is 5.69 Å². The molecule has 1 aromatic rings. The van der Waals surface area contributed by atoms with Crippen molar-refractivity contribution in [2.24, 2.45) is 0 Å². The molecular formula is C11H14INO2. The Bertz CT molecular complexity index is 366. The number of aryl methyl sites for hydroxylation is 1. The van der Waals surface area contributed by atoms with Crippen LogP contribution in [0.2, 0.25) is 0 Å². The quantitative estimate of drug-likeness (QED) is 0.839. The van der Waals surface area contributed by atoms with Crippen molar-refractivity contribution in [3.05, 3.63) is 27.3 Å². The maximum absolute atomic E-state index is 10.9. The van der Waals surface area contributed by atoms with Gasteiger partial charge in [-0.15, -0.1) is 0 Å². The van der Waals surface area contributed by atoms with Crippen LogP contribution in [0.5, 0.6) is 0 Å². The van der Waals surface area contributed by atoms with Gasteiger partial charge in [0.05, 0.1) is 0 Å². The fourth-order valence-electron chi connectivity index (χ4n) is 1.28. The van der Waals surface area contributed by atoms with Gasteiger partial charge in [-0.05, 0) is 53.6 Å². The van der Waals surface area contributed by atoms with Gasteiger partial charge in [0.25, 0.3) is 0 Å². The van der Waals surface area contributed by atoms with E-state index in [1.807, 2.05) is 32.0 Å². The summed E-state index contributed by atoms with van der Waals surface area (Å²) >= 11 is 2.21. The molecule has 0 aliphatic rings. The number of carboxylic acids is 1. The summed E-state index contributed by atoms with van der Waals surface area (Å²) < 4.78 is 1.10. The molecule has 3 nitrogen and oxygen atoms in total. The lowest BCUT2D eigenvalue weighted by Crippen LogP contribution is -2.28. The molecule has 1 rings (SSSR count). The van der Waals surface area contributed by atoms with Crippen molar-refractivity contribution < 1.29 is 9.90 Å². The van der Waals surface area contributed by atoms with Crippen molar-refractivity contribution >= 4 is 34.2 Å². The molecule has 0 radical (unpaired) electrons. The van der Waals surface area contributed by atoms with Crippen LogP contribution in [0.1, 0.15) is 18.9 Å². The van der Waals surface area contributed by atoms with Crippen molar-refractivity contribution in [3.63, 3.8) is 0 Å². The second-order valence-corrected chi connectivity index (χ2v) is 4.65. The predicted octanol–water partition coefficient (Wildman–Crippen LogP) is 2.87. The van der Waals surface area contributed by atoms with Gasteiger partial charge in [-0.3, -0.25) is 0 Å². The van der Waals surface area contributed by atoms with Crippen LogP contribution in [0, 0.1) is 10.5 Å². The molecule has 1 atom stereocenters. The molecule has 4 heteroatoms. The lowest BCUT2D eigenvalue weighted by molar-refractivity contribution is -0.137. The number of aliphatic carboxylic acids is 1. The lowest BCUT2D eigenvalue weighted by Gasteiger charge is -2.15. The summed E-state index contributed by atoms with van der Waals surface area (Å²) in [6, 6.07) is 5.44. The molecule has 1 unspecified atom stereocenters. The van der Waals surface area contributed by atoms with E-state index in [4.69, 9.17) is 5.11 Å². The van der Waals surface area contributed by atoms with Gasteiger partial charge in [0.15, 0.2) is 0 Å². The van der Waals surface area contributed by atoms with E-state index in [1.165, 1.54) is 0 Å². The highest BCUT2D eigenvalue weighted by Crippen LogP contribution is 2.19. The number of hydrogen-bond acceptors (Lipinski definition) is 2. The second-order valence-electron chi connectivity index (χ2n) is 3.40. The van der Waals surface area contributed by atoms with E-state index in [2.05, 4.69) is 27.9 Å². The third-order valence-electron chi connectivity index (χ3n) is 2.24. The molecule has 0 saturated carbocycles. The second kappa shape index (κ2) is 5.34. The molecule has 2 N–H and O–H groups in total. The largest absolute Gasteiger partial charge is 0.480 e. The summed E-state index contributed by atoms with van der Waals surface area (Å²) in [5, 5.41) is 12.0. The first kappa shape index (κ1) is 12.3. The summed E-state index contributed by atoms with van der Waals surface area (Å²) in [5.41, 5.74) is 1.96. The van der Waals surface area contributed by atoms with Gasteiger partial charge in [0.1, 0.15) is 6.04 Å². The fraction of sp³-hybridized carbons (Fsp3) is 0.364. The summed E-state index contributed by atoms with van der Waals surface area (Å²) in [4.78, 5) is 10.9. The summed E-state index contributed by atoms with van der Waals surface area (Å²) in [7, 11) is 0. The van der Waals surface area contributed by atoms with Gasteiger partial charge < -0.3 is 10.4 Å². The zero-order valence-corrected chi connectivity index (χ0v) is 10.9. The van der Waals surface area contributed by atoms with Crippen LogP contribution in [-0.4, -0.2) is 17.1 Å². The first-order chi connectivity index (χ1) is 7.04. The average Bonchev–Trinajstić information content (AvgIpc) is 2.18. The molecule has 0 aliphatic heterocycles. The standard InChI is InChI=1S/C11H14INO2/c1-3-9(11(14)15)13-10-6-8(12)5-4-7(10)2/h4-6,9,13H,3H2,1-2H3,(H,14,15). The van der Waals surface area contributed by atoms with E-state index in [-0.39, 0.29) is 0 Å². The molecule has 82 valence electrons. The Kier molecular flexibility index (Phi) is 4.38. The molecule has 15 heavy (non-hydrogen) atoms. The molecule has 0 aromatic heterocycles. The van der Waals surface area contributed by atoms with E-state index < -0.39 is 12.0 Å². The van der Waals surface area contributed by atoms with Crippen LogP contribution < -0.4 is 5.32 Å². The normalized spacial score (nSPS) is 12.2. The molecule has 0 spiro atoms. The van der Waals surface area contributed by atoms with Crippen LogP contribution in [-0.2, 0) is 4.79 Å². The number of carboxylic acid groups (broad SMARTS) is 1. The third kappa shape index (κ3) is 3.37. The molecule has 1 aromatic carbocycles. The molecule has 0 bridgehead atoms. The van der Waals surface area contributed by atoms with Crippen molar-refractivity contribution in [2.75, 3.05) is 5.32 Å². The smallest absolute Gasteiger partial charge is 0.326 e. The van der Waals surface area contributed by atoms with Gasteiger partial charge in [0, 0.05) is 9.26 Å². The maximum Gasteiger partial charge on any atom is 0.326 e. The van der Waals surface area contributed by atoms with Crippen molar-refractivity contribution in [1.82, 2.24) is 0 Å². The molecule has 0 saturated heterocycles. The first-order valence-corrected chi connectivity index (χ1v) is 5.88. The van der Waals surface area contributed by atoms with Crippen LogP contribution in [0.25, 0.3) is 0 Å². The molecule has 0 fully saturated rings. The van der Waals surface area contributed by atoms with E-state index in [1.54, 1.807) is 0 Å². The Morgan fingerprint density at radius 3 is 2.80 bits per heavy atom. The molecule has 0 aliphatic carbocycles. The Morgan fingerprint density at radius 1 is 1.60 bits per heavy atom. The van der Waals surface area contributed by atoms with E-state index >= 15 is 0 Å². The first-order valence-electron chi connectivity index (χ1n) is 4.80. The Labute approximate surface area is 103 Å². The predicted molar refractivity (Wildman–Crippen MR) is 69.2 cm³/mol. The monoisotopic (exact) mass is 319 g/mol. The van der Waals surface area contributed by atoms with Gasteiger partial charge in [-0.25, -0.2) is 4.79 Å². The van der Waals surface area contributed by atoms with Crippen molar-refractivity contribution in [3.8, 4) is 0 Å². The van der Waals surface area contributed by atoms with Gasteiger partial charge >= 0.3 is 5.97 Å². The number of anilines is 1. The molecule has 0 heterocycles. The highest BCUT2D eigenvalue weighted by atomic mass is 127. The van der Waals surface area contributed by atoms with E-state index in [0.717, 1.165) is 14.8 Å². The van der Waals surface area contributed by atoms with Crippen LogP contribution in [0.15, 0.2) is 18.2 Å². The number of hydrogen-bond donors (Lipinski definition) is 2. The highest BCUT2D eigenvalue weighted by Gasteiger charge is 2.15. The number of carbonyl (C=O) groups is 1. The third-order valence-corrected chi connectivity index (χ3v) is 2.91. The van der Waals surface area contributed by atoms with Gasteiger partial charge in [-0.2, -0.15) is 0 Å². The van der Waals surface area contributed by atoms with Crippen LogP contribution >= 0.6 is 22.6 Å². The number of benzene rings is 1. The highest BCUT2D eigenvalue weighted by molar-refractivity contribution is 14.1. The Morgan fingerprint density at radius 2 is 2.27 bits per heavy atom. The number of halogens is 1. The minimum absolute atomic E-state index is 0.512. The molecular weight excluding hydrogens is 305 g/mol. The lowest BCUT2D eigenvalue weighted by atomic mass is 10.1. The van der Waals surface area contributed by atoms with E-state index in [9.17, 15) is 4.79 Å². The number of rotatable bonds is 4. The molecule has 0 amide bonds. The van der Waals surface area contributed by atoms with Gasteiger partial charge in [-0.1, -0.05) is 13.0 Å². The van der Waals surface area contributed by atoms with Gasteiger partial charge in [0.2, 0.25) is 0 Å². The maximum atomic E-state index is 10.9. The average molecular weight is 319 g/mol. The minimum Gasteiger partial charge on any atom is -0.480 e. The Hall–Kier alpha value is -0.780. The number of nitrogens with one attached hydrogen (secondary N) is 1. The van der Waals surface area contributed by atoms with Crippen molar-refractivity contribution in [2.45, 2.75) is 26.3 Å².